The number of piperidine rings is 1. The van der Waals surface area contributed by atoms with Crippen molar-refractivity contribution in [1.82, 2.24) is 9.97 Å². The summed E-state index contributed by atoms with van der Waals surface area (Å²) in [5.74, 6) is -0.212. The van der Waals surface area contributed by atoms with Crippen LogP contribution in [-0.2, 0) is 4.79 Å². The zero-order valence-corrected chi connectivity index (χ0v) is 19.0. The molecule has 1 unspecified atom stereocenters. The fourth-order valence-corrected chi connectivity index (χ4v) is 4.42. The molecule has 162 valence electrons. The van der Waals surface area contributed by atoms with E-state index in [0.717, 1.165) is 66.4 Å². The van der Waals surface area contributed by atoms with Crippen LogP contribution in [0.25, 0.3) is 11.3 Å². The molecule has 5 nitrogen and oxygen atoms in total. The van der Waals surface area contributed by atoms with Crippen molar-refractivity contribution in [3.8, 4) is 11.3 Å². The predicted molar refractivity (Wildman–Crippen MR) is 122 cm³/mol. The van der Waals surface area contributed by atoms with E-state index in [1.54, 1.807) is 0 Å². The number of carboxylic acids is 1. The first kappa shape index (κ1) is 22.3. The van der Waals surface area contributed by atoms with Crippen LogP contribution in [0.5, 0.6) is 0 Å². The zero-order valence-electron chi connectivity index (χ0n) is 19.0. The molecular weight excluding hydrogens is 374 g/mol. The number of aryl methyl sites for hydroxylation is 2. The van der Waals surface area contributed by atoms with Gasteiger partial charge in [0.05, 0.1) is 11.6 Å². The molecule has 1 saturated heterocycles. The molecule has 0 radical (unpaired) electrons. The Balaban J connectivity index is 2.20. The van der Waals surface area contributed by atoms with Crippen LogP contribution in [0.15, 0.2) is 18.2 Å². The highest BCUT2D eigenvalue weighted by molar-refractivity contribution is 5.81. The Hall–Kier alpha value is -2.43. The largest absolute Gasteiger partial charge is 0.481 e. The molecule has 1 aromatic heterocycles. The zero-order chi connectivity index (χ0) is 21.8. The summed E-state index contributed by atoms with van der Waals surface area (Å²) in [5.41, 5.74) is 5.77. The van der Waals surface area contributed by atoms with Gasteiger partial charge in [-0.2, -0.15) is 0 Å². The highest BCUT2D eigenvalue weighted by Crippen LogP contribution is 2.36. The lowest BCUT2D eigenvalue weighted by Gasteiger charge is -2.29. The number of nitrogens with zero attached hydrogens (tertiary/aromatic N) is 3. The minimum atomic E-state index is -0.799. The van der Waals surface area contributed by atoms with E-state index in [0.29, 0.717) is 12.3 Å². The normalized spacial score (nSPS) is 15.5. The highest BCUT2D eigenvalue weighted by Gasteiger charge is 2.28. The van der Waals surface area contributed by atoms with Crippen LogP contribution >= 0.6 is 0 Å². The summed E-state index contributed by atoms with van der Waals surface area (Å²) in [6, 6.07) is 6.46. The maximum Gasteiger partial charge on any atom is 0.311 e. The van der Waals surface area contributed by atoms with Crippen molar-refractivity contribution in [3.63, 3.8) is 0 Å². The quantitative estimate of drug-likeness (QED) is 0.622. The maximum absolute atomic E-state index is 12.2. The molecule has 2 aromatic rings. The monoisotopic (exact) mass is 409 g/mol. The first-order valence-corrected chi connectivity index (χ1v) is 11.3. The van der Waals surface area contributed by atoms with Gasteiger partial charge in [-0.1, -0.05) is 45.4 Å². The van der Waals surface area contributed by atoms with Gasteiger partial charge in [0, 0.05) is 29.9 Å². The standard InChI is InChI=1S/C25H35N3O2/c1-6-10-21(24(29)30)22-18(5)26-25(28-13-8-7-9-14-28)27-23(22)20-12-11-19(16(2)3)15-17(20)4/h11-12,15-16,21H,6-10,13-14H2,1-5H3,(H,29,30). The van der Waals surface area contributed by atoms with Gasteiger partial charge in [0.1, 0.15) is 0 Å². The Kier molecular flexibility index (Phi) is 7.11. The molecule has 1 N–H and O–H groups in total. The number of hydrogen-bond acceptors (Lipinski definition) is 4. The third-order valence-corrected chi connectivity index (χ3v) is 6.16. The van der Waals surface area contributed by atoms with Crippen LogP contribution in [0.4, 0.5) is 5.95 Å². The Morgan fingerprint density at radius 1 is 1.13 bits per heavy atom. The molecule has 5 heteroatoms. The molecule has 1 atom stereocenters. The smallest absolute Gasteiger partial charge is 0.311 e. The molecule has 0 saturated carbocycles. The van der Waals surface area contributed by atoms with Gasteiger partial charge in [0.25, 0.3) is 0 Å². The molecule has 0 aliphatic carbocycles. The van der Waals surface area contributed by atoms with Crippen molar-refractivity contribution >= 4 is 11.9 Å². The number of aliphatic carboxylic acids is 1. The average Bonchev–Trinajstić information content (AvgIpc) is 2.72. The van der Waals surface area contributed by atoms with Crippen molar-refractivity contribution < 1.29 is 9.90 Å². The van der Waals surface area contributed by atoms with Crippen LogP contribution in [0.3, 0.4) is 0 Å². The van der Waals surface area contributed by atoms with E-state index >= 15 is 0 Å². The van der Waals surface area contributed by atoms with E-state index in [1.165, 1.54) is 12.0 Å². The third-order valence-electron chi connectivity index (χ3n) is 6.16. The summed E-state index contributed by atoms with van der Waals surface area (Å²) in [4.78, 5) is 24.2. The Morgan fingerprint density at radius 3 is 2.40 bits per heavy atom. The third kappa shape index (κ3) is 4.66. The van der Waals surface area contributed by atoms with Crippen LogP contribution in [-0.4, -0.2) is 34.1 Å². The van der Waals surface area contributed by atoms with E-state index in [4.69, 9.17) is 9.97 Å². The lowest BCUT2D eigenvalue weighted by atomic mass is 9.87. The van der Waals surface area contributed by atoms with Crippen molar-refractivity contribution in [2.45, 2.75) is 78.6 Å². The minimum Gasteiger partial charge on any atom is -0.481 e. The molecule has 1 aromatic carbocycles. The molecule has 1 aliphatic heterocycles. The van der Waals surface area contributed by atoms with E-state index in [2.05, 4.69) is 43.9 Å². The summed E-state index contributed by atoms with van der Waals surface area (Å²) in [6.45, 7) is 12.4. The predicted octanol–water partition coefficient (Wildman–Crippen LogP) is 5.84. The number of carbonyl (C=O) groups is 1. The Morgan fingerprint density at radius 2 is 1.83 bits per heavy atom. The number of anilines is 1. The van der Waals surface area contributed by atoms with Gasteiger partial charge >= 0.3 is 5.97 Å². The van der Waals surface area contributed by atoms with Gasteiger partial charge in [-0.05, 0) is 56.6 Å². The van der Waals surface area contributed by atoms with Gasteiger partial charge < -0.3 is 10.0 Å². The lowest BCUT2D eigenvalue weighted by molar-refractivity contribution is -0.139. The second kappa shape index (κ2) is 9.59. The van der Waals surface area contributed by atoms with Crippen molar-refractivity contribution in [1.29, 1.82) is 0 Å². The Bertz CT molecular complexity index is 902. The lowest BCUT2D eigenvalue weighted by Crippen LogP contribution is -2.31. The van der Waals surface area contributed by atoms with Crippen LogP contribution in [0.2, 0.25) is 0 Å². The van der Waals surface area contributed by atoms with Gasteiger partial charge in [-0.25, -0.2) is 9.97 Å². The van der Waals surface area contributed by atoms with Gasteiger partial charge in [-0.15, -0.1) is 0 Å². The van der Waals surface area contributed by atoms with Crippen LogP contribution in [0.1, 0.15) is 87.1 Å². The fourth-order valence-electron chi connectivity index (χ4n) is 4.42. The molecule has 1 fully saturated rings. The van der Waals surface area contributed by atoms with Crippen molar-refractivity contribution in [2.75, 3.05) is 18.0 Å². The molecule has 2 heterocycles. The topological polar surface area (TPSA) is 66.3 Å². The van der Waals surface area contributed by atoms with Crippen LogP contribution in [0, 0.1) is 13.8 Å². The van der Waals surface area contributed by atoms with E-state index in [-0.39, 0.29) is 0 Å². The van der Waals surface area contributed by atoms with Gasteiger partial charge in [-0.3, -0.25) is 4.79 Å². The molecule has 30 heavy (non-hydrogen) atoms. The molecule has 1 aliphatic rings. The SMILES string of the molecule is CCCC(C(=O)O)c1c(C)nc(N2CCCCC2)nc1-c1ccc(C(C)C)cc1C. The van der Waals surface area contributed by atoms with E-state index in [9.17, 15) is 9.90 Å². The van der Waals surface area contributed by atoms with Crippen molar-refractivity contribution in [3.05, 3.63) is 40.6 Å². The number of rotatable bonds is 7. The maximum atomic E-state index is 12.2. The summed E-state index contributed by atoms with van der Waals surface area (Å²) < 4.78 is 0. The van der Waals surface area contributed by atoms with E-state index in [1.807, 2.05) is 13.8 Å². The Labute approximate surface area is 180 Å². The summed E-state index contributed by atoms with van der Waals surface area (Å²) >= 11 is 0. The number of aromatic nitrogens is 2. The summed E-state index contributed by atoms with van der Waals surface area (Å²) in [5, 5.41) is 9.99. The minimum absolute atomic E-state index is 0.445. The van der Waals surface area contributed by atoms with Gasteiger partial charge in [0.15, 0.2) is 0 Å². The molecule has 0 spiro atoms. The molecule has 0 bridgehead atoms. The van der Waals surface area contributed by atoms with Crippen molar-refractivity contribution in [2.24, 2.45) is 0 Å². The number of hydrogen-bond donors (Lipinski definition) is 1. The first-order valence-electron chi connectivity index (χ1n) is 11.3. The highest BCUT2D eigenvalue weighted by atomic mass is 16.4. The van der Waals surface area contributed by atoms with E-state index < -0.39 is 11.9 Å². The second-order valence-corrected chi connectivity index (χ2v) is 8.83. The fraction of sp³-hybridized carbons (Fsp3) is 0.560. The average molecular weight is 410 g/mol. The first-order chi connectivity index (χ1) is 14.3. The van der Waals surface area contributed by atoms with Gasteiger partial charge in [0.2, 0.25) is 5.95 Å². The number of benzene rings is 1. The summed E-state index contributed by atoms with van der Waals surface area (Å²) in [6.07, 6.45) is 4.92. The number of carboxylic acid groups (broad SMARTS) is 1. The molecule has 0 amide bonds. The van der Waals surface area contributed by atoms with Crippen LogP contribution < -0.4 is 4.90 Å². The summed E-state index contributed by atoms with van der Waals surface area (Å²) in [7, 11) is 0. The molecular formula is C25H35N3O2. The second-order valence-electron chi connectivity index (χ2n) is 8.83. The molecule has 3 rings (SSSR count).